The van der Waals surface area contributed by atoms with Crippen molar-refractivity contribution in [3.63, 3.8) is 0 Å². The number of ether oxygens (including phenoxy) is 1. The fourth-order valence-corrected chi connectivity index (χ4v) is 4.69. The Balaban J connectivity index is 1.81. The fourth-order valence-electron chi connectivity index (χ4n) is 2.76. The minimum Gasteiger partial charge on any atom is -0.496 e. The lowest BCUT2D eigenvalue weighted by atomic mass is 10.1. The first kappa shape index (κ1) is 26.4. The van der Waals surface area contributed by atoms with Gasteiger partial charge in [-0.3, -0.25) is 25.2 Å². The van der Waals surface area contributed by atoms with Crippen LogP contribution in [0.15, 0.2) is 47.4 Å². The predicted molar refractivity (Wildman–Crippen MR) is 126 cm³/mol. The SMILES string of the molecule is COc1ccc(C(C)=O)cc1CSCC(=O)NNC(=O)CN(C)S(=O)(=O)c1ccc(C)cc1. The number of sulfonamides is 1. The zero-order valence-electron chi connectivity index (χ0n) is 18.9. The normalized spacial score (nSPS) is 11.2. The number of benzene rings is 2. The number of thioether (sulfide) groups is 1. The molecule has 11 heteroatoms. The van der Waals surface area contributed by atoms with Gasteiger partial charge in [-0.25, -0.2) is 8.42 Å². The summed E-state index contributed by atoms with van der Waals surface area (Å²) >= 11 is 1.27. The van der Waals surface area contributed by atoms with Gasteiger partial charge in [0.05, 0.1) is 24.3 Å². The highest BCUT2D eigenvalue weighted by Gasteiger charge is 2.23. The maximum atomic E-state index is 12.5. The lowest BCUT2D eigenvalue weighted by Gasteiger charge is -2.17. The van der Waals surface area contributed by atoms with Crippen LogP contribution in [0.5, 0.6) is 5.75 Å². The highest BCUT2D eigenvalue weighted by atomic mass is 32.2. The van der Waals surface area contributed by atoms with Gasteiger partial charge in [0.15, 0.2) is 5.78 Å². The van der Waals surface area contributed by atoms with Gasteiger partial charge in [0.2, 0.25) is 15.9 Å². The molecule has 0 aromatic heterocycles. The molecule has 2 rings (SSSR count). The highest BCUT2D eigenvalue weighted by Crippen LogP contribution is 2.24. The number of likely N-dealkylation sites (N-methyl/N-ethyl adjacent to an activating group) is 1. The van der Waals surface area contributed by atoms with Crippen LogP contribution in [0.1, 0.15) is 28.4 Å². The Morgan fingerprint density at radius 3 is 2.27 bits per heavy atom. The van der Waals surface area contributed by atoms with E-state index in [0.717, 1.165) is 15.4 Å². The smallest absolute Gasteiger partial charge is 0.253 e. The average Bonchev–Trinajstić information content (AvgIpc) is 2.77. The fraction of sp³-hybridized carbons (Fsp3) is 0.318. The van der Waals surface area contributed by atoms with Crippen molar-refractivity contribution >= 4 is 39.4 Å². The van der Waals surface area contributed by atoms with E-state index in [1.165, 1.54) is 45.0 Å². The Labute approximate surface area is 197 Å². The molecule has 0 unspecified atom stereocenters. The van der Waals surface area contributed by atoms with Crippen molar-refractivity contribution < 1.29 is 27.5 Å². The summed E-state index contributed by atoms with van der Waals surface area (Å²) in [6, 6.07) is 11.4. The first-order valence-electron chi connectivity index (χ1n) is 9.91. The summed E-state index contributed by atoms with van der Waals surface area (Å²) in [6.45, 7) is 2.85. The molecule has 0 aliphatic rings. The molecule has 0 aliphatic heterocycles. The van der Waals surface area contributed by atoms with Crippen molar-refractivity contribution in [3.05, 3.63) is 59.2 Å². The molecule has 9 nitrogen and oxygen atoms in total. The lowest BCUT2D eigenvalue weighted by Crippen LogP contribution is -2.47. The van der Waals surface area contributed by atoms with Crippen LogP contribution >= 0.6 is 11.8 Å². The van der Waals surface area contributed by atoms with E-state index < -0.39 is 28.4 Å². The maximum Gasteiger partial charge on any atom is 0.253 e. The molecule has 0 spiro atoms. The monoisotopic (exact) mass is 493 g/mol. The van der Waals surface area contributed by atoms with Crippen LogP contribution in [-0.4, -0.2) is 56.8 Å². The third-order valence-corrected chi connectivity index (χ3v) is 7.41. The molecule has 0 atom stereocenters. The van der Waals surface area contributed by atoms with Crippen molar-refractivity contribution in [1.29, 1.82) is 0 Å². The van der Waals surface area contributed by atoms with Crippen LogP contribution < -0.4 is 15.6 Å². The molecule has 2 amide bonds. The molecule has 0 bridgehead atoms. The third-order valence-electron chi connectivity index (χ3n) is 4.61. The van der Waals surface area contributed by atoms with E-state index in [0.29, 0.717) is 17.1 Å². The second-order valence-electron chi connectivity index (χ2n) is 7.25. The molecule has 0 radical (unpaired) electrons. The second-order valence-corrected chi connectivity index (χ2v) is 10.3. The number of hydrogen-bond donors (Lipinski definition) is 2. The van der Waals surface area contributed by atoms with Gasteiger partial charge in [-0.1, -0.05) is 17.7 Å². The number of carbonyl (C=O) groups excluding carboxylic acids is 3. The minimum absolute atomic E-state index is 0.0330. The molecule has 178 valence electrons. The number of Topliss-reactive ketones (excluding diaryl/α,β-unsaturated/α-hetero) is 1. The van der Waals surface area contributed by atoms with E-state index in [1.54, 1.807) is 30.3 Å². The van der Waals surface area contributed by atoms with E-state index in [9.17, 15) is 22.8 Å². The number of nitrogens with one attached hydrogen (secondary N) is 2. The molecular weight excluding hydrogens is 466 g/mol. The summed E-state index contributed by atoms with van der Waals surface area (Å²) in [5.41, 5.74) is 6.72. The van der Waals surface area contributed by atoms with Gasteiger partial charge in [0, 0.05) is 23.9 Å². The zero-order valence-corrected chi connectivity index (χ0v) is 20.5. The largest absolute Gasteiger partial charge is 0.496 e. The highest BCUT2D eigenvalue weighted by molar-refractivity contribution is 7.99. The van der Waals surface area contributed by atoms with Gasteiger partial charge >= 0.3 is 0 Å². The van der Waals surface area contributed by atoms with Gasteiger partial charge in [-0.05, 0) is 44.2 Å². The van der Waals surface area contributed by atoms with Gasteiger partial charge in [-0.2, -0.15) is 4.31 Å². The minimum atomic E-state index is -3.83. The summed E-state index contributed by atoms with van der Waals surface area (Å²) < 4.78 is 31.3. The first-order chi connectivity index (χ1) is 15.5. The number of aryl methyl sites for hydroxylation is 1. The number of hydrogen-bond acceptors (Lipinski definition) is 7. The predicted octanol–water partition coefficient (Wildman–Crippen LogP) is 1.91. The first-order valence-corrected chi connectivity index (χ1v) is 12.5. The molecule has 0 saturated carbocycles. The van der Waals surface area contributed by atoms with Crippen LogP contribution in [0.3, 0.4) is 0 Å². The zero-order chi connectivity index (χ0) is 24.6. The molecule has 0 saturated heterocycles. The van der Waals surface area contributed by atoms with E-state index in [-0.39, 0.29) is 16.4 Å². The molecule has 33 heavy (non-hydrogen) atoms. The second kappa shape index (κ2) is 11.8. The summed E-state index contributed by atoms with van der Waals surface area (Å²) in [4.78, 5) is 35.8. The molecule has 2 aromatic rings. The number of hydrazine groups is 1. The van der Waals surface area contributed by atoms with Crippen molar-refractivity contribution in [2.75, 3.05) is 26.5 Å². The standard InChI is InChI=1S/C22H27N3O6S2/c1-15-5-8-19(9-6-15)33(29,30)25(3)12-21(27)23-24-22(28)14-32-13-18-11-17(16(2)26)7-10-20(18)31-4/h5-11H,12-14H2,1-4H3,(H,23,27)(H,24,28). The Kier molecular flexibility index (Phi) is 9.44. The Morgan fingerprint density at radius 2 is 1.67 bits per heavy atom. The summed E-state index contributed by atoms with van der Waals surface area (Å²) in [5, 5.41) is 0. The van der Waals surface area contributed by atoms with Crippen LogP contribution in [0.25, 0.3) is 0 Å². The van der Waals surface area contributed by atoms with Crippen LogP contribution in [0.2, 0.25) is 0 Å². The Bertz CT molecular complexity index is 1120. The number of rotatable bonds is 10. The van der Waals surface area contributed by atoms with E-state index in [4.69, 9.17) is 4.74 Å². The van der Waals surface area contributed by atoms with Crippen LogP contribution in [0, 0.1) is 6.92 Å². The molecule has 0 aliphatic carbocycles. The van der Waals surface area contributed by atoms with Gasteiger partial charge < -0.3 is 4.74 Å². The Hall–Kier alpha value is -2.89. The van der Waals surface area contributed by atoms with Gasteiger partial charge in [0.1, 0.15) is 5.75 Å². The van der Waals surface area contributed by atoms with Crippen molar-refractivity contribution in [1.82, 2.24) is 15.2 Å². The number of ketones is 1. The van der Waals surface area contributed by atoms with Crippen molar-refractivity contribution in [2.45, 2.75) is 24.5 Å². The summed E-state index contributed by atoms with van der Waals surface area (Å²) in [6.07, 6.45) is 0. The number of carbonyl (C=O) groups is 3. The molecule has 0 fully saturated rings. The maximum absolute atomic E-state index is 12.5. The summed E-state index contributed by atoms with van der Waals surface area (Å²) in [5.74, 6) is -0.145. The van der Waals surface area contributed by atoms with Crippen molar-refractivity contribution in [2.24, 2.45) is 0 Å². The van der Waals surface area contributed by atoms with Crippen molar-refractivity contribution in [3.8, 4) is 5.75 Å². The Morgan fingerprint density at radius 1 is 1.03 bits per heavy atom. The topological polar surface area (TPSA) is 122 Å². The molecule has 2 aromatic carbocycles. The van der Waals surface area contributed by atoms with E-state index in [1.807, 2.05) is 6.92 Å². The van der Waals surface area contributed by atoms with Gasteiger partial charge in [-0.15, -0.1) is 11.8 Å². The molecule has 2 N–H and O–H groups in total. The number of methoxy groups -OCH3 is 1. The average molecular weight is 494 g/mol. The quantitative estimate of drug-likeness (QED) is 0.383. The van der Waals surface area contributed by atoms with E-state index >= 15 is 0 Å². The number of amides is 2. The van der Waals surface area contributed by atoms with Crippen LogP contribution in [0.4, 0.5) is 0 Å². The van der Waals surface area contributed by atoms with E-state index in [2.05, 4.69) is 10.9 Å². The molecule has 0 heterocycles. The molecular formula is C22H27N3O6S2. The summed E-state index contributed by atoms with van der Waals surface area (Å²) in [7, 11) is -1.02. The third kappa shape index (κ3) is 7.58. The number of nitrogens with zero attached hydrogens (tertiary/aromatic N) is 1. The lowest BCUT2D eigenvalue weighted by molar-refractivity contribution is -0.127. The van der Waals surface area contributed by atoms with Crippen LogP contribution in [-0.2, 0) is 25.4 Å². The van der Waals surface area contributed by atoms with Gasteiger partial charge in [0.25, 0.3) is 5.91 Å².